The summed E-state index contributed by atoms with van der Waals surface area (Å²) in [5, 5.41) is 5.34. The molecule has 0 bridgehead atoms. The van der Waals surface area contributed by atoms with Crippen molar-refractivity contribution in [3.63, 3.8) is 0 Å². The molecule has 0 atom stereocenters. The van der Waals surface area contributed by atoms with Gasteiger partial charge in [-0.05, 0) is 55.0 Å². The number of nitrogens with zero attached hydrogens (tertiary/aromatic N) is 1. The van der Waals surface area contributed by atoms with E-state index in [4.69, 9.17) is 39.2 Å². The Hall–Kier alpha value is -2.27. The van der Waals surface area contributed by atoms with Crippen LogP contribution in [0.1, 0.15) is 21.7 Å². The van der Waals surface area contributed by atoms with Gasteiger partial charge in [0.15, 0.2) is 0 Å². The second-order valence-electron chi connectivity index (χ2n) is 5.51. The topological polar surface area (TPSA) is 54.6 Å². The maximum Gasteiger partial charge on any atom is 0.272 e. The number of benzene rings is 2. The van der Waals surface area contributed by atoms with E-state index in [0.717, 1.165) is 5.56 Å². The van der Waals surface area contributed by atoms with Gasteiger partial charge in [0.25, 0.3) is 5.91 Å². The second-order valence-corrected chi connectivity index (χ2v) is 6.76. The molecule has 7 heteroatoms. The highest BCUT2D eigenvalue weighted by atomic mass is 35.5. The van der Waals surface area contributed by atoms with Gasteiger partial charge in [0.1, 0.15) is 11.5 Å². The SMILES string of the molecule is Cc1ccc(C(=O)N/N=C\c2ccc(-c3cc(Cl)ccc3Cl)o2)c(Cl)c1. The van der Waals surface area contributed by atoms with Crippen molar-refractivity contribution in [3.05, 3.63) is 80.5 Å². The van der Waals surface area contributed by atoms with Crippen molar-refractivity contribution in [2.24, 2.45) is 5.10 Å². The van der Waals surface area contributed by atoms with Gasteiger partial charge in [-0.3, -0.25) is 4.79 Å². The average molecular weight is 408 g/mol. The Morgan fingerprint density at radius 3 is 2.62 bits per heavy atom. The van der Waals surface area contributed by atoms with Gasteiger partial charge in [-0.15, -0.1) is 0 Å². The summed E-state index contributed by atoms with van der Waals surface area (Å²) in [5.41, 5.74) is 4.41. The summed E-state index contributed by atoms with van der Waals surface area (Å²) in [4.78, 5) is 12.1. The van der Waals surface area contributed by atoms with E-state index in [1.54, 1.807) is 48.5 Å². The van der Waals surface area contributed by atoms with Crippen LogP contribution in [0.5, 0.6) is 0 Å². The van der Waals surface area contributed by atoms with Crippen molar-refractivity contribution in [2.75, 3.05) is 0 Å². The van der Waals surface area contributed by atoms with Crippen molar-refractivity contribution in [1.82, 2.24) is 5.43 Å². The molecule has 2 aromatic carbocycles. The smallest absolute Gasteiger partial charge is 0.272 e. The third-order valence-electron chi connectivity index (χ3n) is 3.55. The molecule has 3 rings (SSSR count). The number of amides is 1. The number of hydrazone groups is 1. The Labute approximate surface area is 165 Å². The zero-order valence-corrected chi connectivity index (χ0v) is 15.9. The molecule has 0 aliphatic carbocycles. The van der Waals surface area contributed by atoms with Crippen LogP contribution >= 0.6 is 34.8 Å². The quantitative estimate of drug-likeness (QED) is 0.427. The van der Waals surface area contributed by atoms with Gasteiger partial charge in [-0.2, -0.15) is 5.10 Å². The third kappa shape index (κ3) is 4.28. The van der Waals surface area contributed by atoms with Crippen LogP contribution in [-0.2, 0) is 0 Å². The highest BCUT2D eigenvalue weighted by Gasteiger charge is 2.10. The molecule has 0 spiro atoms. The summed E-state index contributed by atoms with van der Waals surface area (Å²) >= 11 is 18.2. The Morgan fingerprint density at radius 1 is 1.04 bits per heavy atom. The zero-order chi connectivity index (χ0) is 18.7. The molecule has 0 radical (unpaired) electrons. The number of carbonyl (C=O) groups excluding carboxylic acids is 1. The van der Waals surface area contributed by atoms with E-state index in [2.05, 4.69) is 10.5 Å². The molecule has 0 saturated carbocycles. The van der Waals surface area contributed by atoms with Gasteiger partial charge in [-0.25, -0.2) is 5.43 Å². The van der Waals surface area contributed by atoms with Crippen LogP contribution in [0.3, 0.4) is 0 Å². The molecule has 1 aromatic heterocycles. The number of nitrogens with one attached hydrogen (secondary N) is 1. The fraction of sp³-hybridized carbons (Fsp3) is 0.0526. The van der Waals surface area contributed by atoms with Crippen LogP contribution < -0.4 is 5.43 Å². The molecule has 0 aliphatic rings. The Kier molecular flexibility index (Phi) is 5.67. The summed E-state index contributed by atoms with van der Waals surface area (Å²) in [6.07, 6.45) is 1.39. The Bertz CT molecular complexity index is 996. The van der Waals surface area contributed by atoms with Gasteiger partial charge in [0.2, 0.25) is 0 Å². The molecule has 0 aliphatic heterocycles. The first-order chi connectivity index (χ1) is 12.4. The summed E-state index contributed by atoms with van der Waals surface area (Å²) < 4.78 is 5.66. The first kappa shape index (κ1) is 18.5. The van der Waals surface area contributed by atoms with Crippen LogP contribution in [0, 0.1) is 6.92 Å². The van der Waals surface area contributed by atoms with Gasteiger partial charge >= 0.3 is 0 Å². The normalized spacial score (nSPS) is 11.1. The lowest BCUT2D eigenvalue weighted by Crippen LogP contribution is -2.18. The van der Waals surface area contributed by atoms with E-state index >= 15 is 0 Å². The zero-order valence-electron chi connectivity index (χ0n) is 13.6. The molecular formula is C19H13Cl3N2O2. The molecule has 3 aromatic rings. The van der Waals surface area contributed by atoms with Crippen LogP contribution in [0.4, 0.5) is 0 Å². The van der Waals surface area contributed by atoms with Gasteiger partial charge in [0, 0.05) is 10.6 Å². The molecule has 0 unspecified atom stereocenters. The summed E-state index contributed by atoms with van der Waals surface area (Å²) in [5.74, 6) is 0.592. The minimum Gasteiger partial charge on any atom is -0.455 e. The van der Waals surface area contributed by atoms with Crippen molar-refractivity contribution < 1.29 is 9.21 Å². The van der Waals surface area contributed by atoms with E-state index in [9.17, 15) is 4.79 Å². The van der Waals surface area contributed by atoms with E-state index in [1.165, 1.54) is 6.21 Å². The highest BCUT2D eigenvalue weighted by Crippen LogP contribution is 2.31. The van der Waals surface area contributed by atoms with Crippen LogP contribution in [-0.4, -0.2) is 12.1 Å². The first-order valence-electron chi connectivity index (χ1n) is 7.59. The Morgan fingerprint density at radius 2 is 1.85 bits per heavy atom. The van der Waals surface area contributed by atoms with E-state index in [1.807, 2.05) is 6.92 Å². The average Bonchev–Trinajstić information content (AvgIpc) is 3.05. The lowest BCUT2D eigenvalue weighted by Gasteiger charge is -2.03. The molecule has 1 heterocycles. The minimum absolute atomic E-state index is 0.347. The summed E-state index contributed by atoms with van der Waals surface area (Å²) in [7, 11) is 0. The number of aryl methyl sites for hydroxylation is 1. The second kappa shape index (κ2) is 7.96. The first-order valence-corrected chi connectivity index (χ1v) is 8.72. The number of rotatable bonds is 4. The summed E-state index contributed by atoms with van der Waals surface area (Å²) in [6, 6.07) is 13.7. The fourth-order valence-corrected chi connectivity index (χ4v) is 2.98. The molecule has 132 valence electrons. The maximum absolute atomic E-state index is 12.1. The molecular weight excluding hydrogens is 395 g/mol. The minimum atomic E-state index is -0.407. The largest absolute Gasteiger partial charge is 0.455 e. The van der Waals surface area contributed by atoms with Crippen molar-refractivity contribution >= 4 is 46.9 Å². The standard InChI is InChI=1S/C19H13Cl3N2O2/c1-11-2-5-14(17(22)8-11)19(25)24-23-10-13-4-7-18(26-13)15-9-12(20)3-6-16(15)21/h2-10H,1H3,(H,24,25)/b23-10-. The highest BCUT2D eigenvalue weighted by molar-refractivity contribution is 6.35. The number of hydrogen-bond donors (Lipinski definition) is 1. The number of carbonyl (C=O) groups is 1. The van der Waals surface area contributed by atoms with Gasteiger partial charge in [-0.1, -0.05) is 40.9 Å². The molecule has 26 heavy (non-hydrogen) atoms. The maximum atomic E-state index is 12.1. The van der Waals surface area contributed by atoms with Crippen molar-refractivity contribution in [2.45, 2.75) is 6.92 Å². The lowest BCUT2D eigenvalue weighted by molar-refractivity contribution is 0.0955. The molecule has 0 saturated heterocycles. The number of hydrogen-bond acceptors (Lipinski definition) is 3. The predicted molar refractivity (Wildman–Crippen MR) is 105 cm³/mol. The number of furan rings is 1. The Balaban J connectivity index is 1.71. The lowest BCUT2D eigenvalue weighted by atomic mass is 10.1. The monoisotopic (exact) mass is 406 g/mol. The molecule has 1 amide bonds. The third-order valence-corrected chi connectivity index (χ3v) is 4.43. The molecule has 0 fully saturated rings. The number of halogens is 3. The van der Waals surface area contributed by atoms with Crippen LogP contribution in [0.25, 0.3) is 11.3 Å². The van der Waals surface area contributed by atoms with E-state index in [-0.39, 0.29) is 0 Å². The van der Waals surface area contributed by atoms with Gasteiger partial charge in [0.05, 0.1) is 21.8 Å². The molecule has 1 N–H and O–H groups in total. The van der Waals surface area contributed by atoms with Gasteiger partial charge < -0.3 is 4.42 Å². The van der Waals surface area contributed by atoms with Crippen LogP contribution in [0.15, 0.2) is 58.0 Å². The van der Waals surface area contributed by atoms with Crippen molar-refractivity contribution in [3.8, 4) is 11.3 Å². The predicted octanol–water partition coefficient (Wildman–Crippen LogP) is 5.98. The van der Waals surface area contributed by atoms with E-state index in [0.29, 0.717) is 37.7 Å². The molecule has 4 nitrogen and oxygen atoms in total. The van der Waals surface area contributed by atoms with Crippen LogP contribution in [0.2, 0.25) is 15.1 Å². The fourth-order valence-electron chi connectivity index (χ4n) is 2.27. The van der Waals surface area contributed by atoms with Crippen molar-refractivity contribution in [1.29, 1.82) is 0 Å². The summed E-state index contributed by atoms with van der Waals surface area (Å²) in [6.45, 7) is 1.90. The van der Waals surface area contributed by atoms with E-state index < -0.39 is 5.91 Å².